The van der Waals surface area contributed by atoms with Gasteiger partial charge in [-0.25, -0.2) is 0 Å². The molecule has 0 saturated heterocycles. The van der Waals surface area contributed by atoms with Crippen molar-refractivity contribution in [2.45, 2.75) is 33.2 Å². The molecule has 2 nitrogen and oxygen atoms in total. The monoisotopic (exact) mass is 282 g/mol. The zero-order chi connectivity index (χ0) is 15.2. The molecule has 2 aromatic rings. The van der Waals surface area contributed by atoms with Crippen molar-refractivity contribution in [2.75, 3.05) is 18.0 Å². The van der Waals surface area contributed by atoms with Crippen molar-refractivity contribution in [1.82, 2.24) is 0 Å². The molecule has 0 fully saturated rings. The molecular formula is C19H26N2. The maximum atomic E-state index is 6.39. The Bertz CT molecular complexity index is 543. The molecular weight excluding hydrogens is 256 g/mol. The van der Waals surface area contributed by atoms with Crippen molar-refractivity contribution >= 4 is 5.69 Å². The van der Waals surface area contributed by atoms with Crippen LogP contribution >= 0.6 is 0 Å². The fraction of sp³-hybridized carbons (Fsp3) is 0.368. The Hall–Kier alpha value is -1.80. The van der Waals surface area contributed by atoms with E-state index in [0.29, 0.717) is 0 Å². The molecule has 0 aliphatic rings. The van der Waals surface area contributed by atoms with Crippen molar-refractivity contribution in [1.29, 1.82) is 0 Å². The van der Waals surface area contributed by atoms with Crippen LogP contribution in [0.25, 0.3) is 0 Å². The van der Waals surface area contributed by atoms with E-state index in [-0.39, 0.29) is 6.04 Å². The molecule has 2 aromatic carbocycles. The molecule has 2 N–H and O–H groups in total. The average molecular weight is 282 g/mol. The van der Waals surface area contributed by atoms with Gasteiger partial charge < -0.3 is 10.6 Å². The first-order valence-corrected chi connectivity index (χ1v) is 7.74. The third kappa shape index (κ3) is 4.33. The molecule has 0 aromatic heterocycles. The summed E-state index contributed by atoms with van der Waals surface area (Å²) in [4.78, 5) is 2.38. The summed E-state index contributed by atoms with van der Waals surface area (Å²) in [5, 5.41) is 0. The largest absolute Gasteiger partial charge is 0.372 e. The molecule has 1 atom stereocenters. The summed E-state index contributed by atoms with van der Waals surface area (Å²) in [6, 6.07) is 17.2. The lowest BCUT2D eigenvalue weighted by Gasteiger charge is -2.25. The standard InChI is InChI=1S/C19H26N2/c1-4-21(18-8-6-5-7-9-18)11-10-19(20)17-13-15(2)12-16(3)14-17/h5-9,12-14,19H,4,10-11,20H2,1-3H3. The number of benzene rings is 2. The van der Waals surface area contributed by atoms with Crippen LogP contribution in [0, 0.1) is 13.8 Å². The number of para-hydroxylation sites is 1. The summed E-state index contributed by atoms with van der Waals surface area (Å²) in [6.07, 6.45) is 0.964. The van der Waals surface area contributed by atoms with Gasteiger partial charge in [0.15, 0.2) is 0 Å². The first-order valence-electron chi connectivity index (χ1n) is 7.74. The summed E-state index contributed by atoms with van der Waals surface area (Å²) in [7, 11) is 0. The number of rotatable bonds is 6. The zero-order valence-corrected chi connectivity index (χ0v) is 13.3. The maximum absolute atomic E-state index is 6.39. The van der Waals surface area contributed by atoms with E-state index in [9.17, 15) is 0 Å². The Morgan fingerprint density at radius 3 is 2.19 bits per heavy atom. The molecule has 21 heavy (non-hydrogen) atoms. The van der Waals surface area contributed by atoms with Crippen LogP contribution < -0.4 is 10.6 Å². The zero-order valence-electron chi connectivity index (χ0n) is 13.3. The predicted octanol–water partition coefficient (Wildman–Crippen LogP) is 4.22. The maximum Gasteiger partial charge on any atom is 0.0366 e. The van der Waals surface area contributed by atoms with Crippen LogP contribution in [0.5, 0.6) is 0 Å². The van der Waals surface area contributed by atoms with Crippen LogP contribution in [-0.4, -0.2) is 13.1 Å². The van der Waals surface area contributed by atoms with Gasteiger partial charge in [-0.15, -0.1) is 0 Å². The van der Waals surface area contributed by atoms with E-state index in [1.54, 1.807) is 0 Å². The highest BCUT2D eigenvalue weighted by Crippen LogP contribution is 2.20. The SMILES string of the molecule is CCN(CCC(N)c1cc(C)cc(C)c1)c1ccccc1. The molecule has 2 heteroatoms. The smallest absolute Gasteiger partial charge is 0.0366 e. The van der Waals surface area contributed by atoms with E-state index in [0.717, 1.165) is 19.5 Å². The molecule has 0 radical (unpaired) electrons. The quantitative estimate of drug-likeness (QED) is 0.859. The fourth-order valence-electron chi connectivity index (χ4n) is 2.79. The van der Waals surface area contributed by atoms with Crippen LogP contribution in [0.15, 0.2) is 48.5 Å². The summed E-state index contributed by atoms with van der Waals surface area (Å²) in [6.45, 7) is 8.44. The van der Waals surface area contributed by atoms with Crippen molar-refractivity contribution in [3.63, 3.8) is 0 Å². The van der Waals surface area contributed by atoms with E-state index < -0.39 is 0 Å². The molecule has 0 amide bonds. The highest BCUT2D eigenvalue weighted by molar-refractivity contribution is 5.45. The normalized spacial score (nSPS) is 12.2. The van der Waals surface area contributed by atoms with Crippen molar-refractivity contribution in [3.8, 4) is 0 Å². The van der Waals surface area contributed by atoms with Gasteiger partial charge in [0.1, 0.15) is 0 Å². The first-order chi connectivity index (χ1) is 10.1. The van der Waals surface area contributed by atoms with Gasteiger partial charge in [-0.05, 0) is 44.9 Å². The minimum absolute atomic E-state index is 0.0985. The second-order valence-corrected chi connectivity index (χ2v) is 5.73. The number of aryl methyl sites for hydroxylation is 2. The third-order valence-corrected chi connectivity index (χ3v) is 3.89. The van der Waals surface area contributed by atoms with Crippen molar-refractivity contribution in [3.05, 3.63) is 65.2 Å². The van der Waals surface area contributed by atoms with E-state index in [2.05, 4.69) is 74.2 Å². The van der Waals surface area contributed by atoms with E-state index >= 15 is 0 Å². The summed E-state index contributed by atoms with van der Waals surface area (Å²) in [5.41, 5.74) is 11.5. The van der Waals surface area contributed by atoms with Crippen LogP contribution in [0.1, 0.15) is 36.1 Å². The lowest BCUT2D eigenvalue weighted by atomic mass is 9.99. The second-order valence-electron chi connectivity index (χ2n) is 5.73. The molecule has 0 bridgehead atoms. The van der Waals surface area contributed by atoms with Crippen LogP contribution in [0.2, 0.25) is 0 Å². The average Bonchev–Trinajstić information content (AvgIpc) is 2.47. The van der Waals surface area contributed by atoms with Crippen molar-refractivity contribution in [2.24, 2.45) is 5.73 Å². The third-order valence-electron chi connectivity index (χ3n) is 3.89. The molecule has 0 aliphatic carbocycles. The van der Waals surface area contributed by atoms with Crippen LogP contribution in [0.3, 0.4) is 0 Å². The molecule has 112 valence electrons. The Morgan fingerprint density at radius 2 is 1.62 bits per heavy atom. The first kappa shape index (κ1) is 15.6. The van der Waals surface area contributed by atoms with Crippen LogP contribution in [-0.2, 0) is 0 Å². The number of hydrogen-bond acceptors (Lipinski definition) is 2. The predicted molar refractivity (Wildman–Crippen MR) is 91.8 cm³/mol. The van der Waals surface area contributed by atoms with Gasteiger partial charge >= 0.3 is 0 Å². The molecule has 0 aliphatic heterocycles. The number of nitrogens with two attached hydrogens (primary N) is 1. The van der Waals surface area contributed by atoms with E-state index in [1.165, 1.54) is 22.4 Å². The van der Waals surface area contributed by atoms with Gasteiger partial charge in [0.05, 0.1) is 0 Å². The van der Waals surface area contributed by atoms with Gasteiger partial charge in [-0.2, -0.15) is 0 Å². The van der Waals surface area contributed by atoms with Gasteiger partial charge in [0, 0.05) is 24.8 Å². The topological polar surface area (TPSA) is 29.3 Å². The van der Waals surface area contributed by atoms with Crippen molar-refractivity contribution < 1.29 is 0 Å². The Balaban J connectivity index is 2.01. The number of nitrogens with zero attached hydrogens (tertiary/aromatic N) is 1. The molecule has 1 unspecified atom stereocenters. The summed E-state index contributed by atoms with van der Waals surface area (Å²) >= 11 is 0. The minimum Gasteiger partial charge on any atom is -0.372 e. The second kappa shape index (κ2) is 7.28. The summed E-state index contributed by atoms with van der Waals surface area (Å²) in [5.74, 6) is 0. The number of hydrogen-bond donors (Lipinski definition) is 1. The lowest BCUT2D eigenvalue weighted by Crippen LogP contribution is -2.27. The Kier molecular flexibility index (Phi) is 5.40. The lowest BCUT2D eigenvalue weighted by molar-refractivity contribution is 0.631. The molecule has 0 heterocycles. The Labute approximate surface area is 128 Å². The molecule has 2 rings (SSSR count). The highest BCUT2D eigenvalue weighted by Gasteiger charge is 2.10. The van der Waals surface area contributed by atoms with Crippen LogP contribution in [0.4, 0.5) is 5.69 Å². The molecule has 0 saturated carbocycles. The fourth-order valence-corrected chi connectivity index (χ4v) is 2.79. The summed E-state index contributed by atoms with van der Waals surface area (Å²) < 4.78 is 0. The van der Waals surface area contributed by atoms with E-state index in [1.807, 2.05) is 0 Å². The minimum atomic E-state index is 0.0985. The highest BCUT2D eigenvalue weighted by atomic mass is 15.1. The number of anilines is 1. The van der Waals surface area contributed by atoms with Gasteiger partial charge in [0.25, 0.3) is 0 Å². The van der Waals surface area contributed by atoms with Gasteiger partial charge in [-0.3, -0.25) is 0 Å². The molecule has 0 spiro atoms. The Morgan fingerprint density at radius 1 is 1.00 bits per heavy atom. The van der Waals surface area contributed by atoms with Gasteiger partial charge in [0.2, 0.25) is 0 Å². The van der Waals surface area contributed by atoms with Gasteiger partial charge in [-0.1, -0.05) is 47.5 Å². The van der Waals surface area contributed by atoms with E-state index in [4.69, 9.17) is 5.73 Å².